The Morgan fingerprint density at radius 1 is 0.583 bits per heavy atom. The first-order valence-corrected chi connectivity index (χ1v) is 5.16. The van der Waals surface area contributed by atoms with Gasteiger partial charge in [0.1, 0.15) is 0 Å². The van der Waals surface area contributed by atoms with E-state index in [0.29, 0.717) is 0 Å². The van der Waals surface area contributed by atoms with Crippen molar-refractivity contribution >= 4 is 0 Å². The van der Waals surface area contributed by atoms with Crippen LogP contribution in [0.15, 0.2) is 0 Å². The van der Waals surface area contributed by atoms with Crippen LogP contribution in [0.5, 0.6) is 0 Å². The largest absolute Gasteiger partial charge is 0.304 e. The Kier molecular flexibility index (Phi) is 13.1. The van der Waals surface area contributed by atoms with Gasteiger partial charge in [0.05, 0.1) is 0 Å². The van der Waals surface area contributed by atoms with Crippen molar-refractivity contribution in [3.63, 3.8) is 0 Å². The predicted octanol–water partition coefficient (Wildman–Crippen LogP) is 1.92. The van der Waals surface area contributed by atoms with Gasteiger partial charge in [0.25, 0.3) is 0 Å². The number of likely N-dealkylation sites (N-methyl/N-ethyl adjacent to an activating group) is 2. The molecule has 0 unspecified atom stereocenters. The van der Waals surface area contributed by atoms with Crippen LogP contribution in [0.25, 0.3) is 0 Å². The molecular weight excluding hydrogens is 148 g/mol. The fraction of sp³-hybridized carbons (Fsp3) is 1.00. The molecule has 0 amide bonds. The van der Waals surface area contributed by atoms with Crippen molar-refractivity contribution in [2.45, 2.75) is 27.7 Å². The highest BCUT2D eigenvalue weighted by Crippen LogP contribution is 1.93. The van der Waals surface area contributed by atoms with Crippen molar-refractivity contribution < 1.29 is 0 Å². The highest BCUT2D eigenvalue weighted by atomic mass is 15.2. The van der Waals surface area contributed by atoms with Crippen LogP contribution in [-0.2, 0) is 0 Å². The summed E-state index contributed by atoms with van der Waals surface area (Å²) in [5, 5.41) is 0. The summed E-state index contributed by atoms with van der Waals surface area (Å²) in [5.41, 5.74) is 0. The van der Waals surface area contributed by atoms with E-state index in [2.05, 4.69) is 23.9 Å². The Balaban J connectivity index is 0. The van der Waals surface area contributed by atoms with E-state index in [1.807, 2.05) is 27.7 Å². The minimum Gasteiger partial charge on any atom is -0.304 e. The average Bonchev–Trinajstić information content (AvgIpc) is 2.17. The van der Waals surface area contributed by atoms with Crippen molar-refractivity contribution in [1.29, 1.82) is 0 Å². The van der Waals surface area contributed by atoms with E-state index in [1.165, 1.54) is 26.2 Å². The number of hydrogen-bond donors (Lipinski definition) is 0. The van der Waals surface area contributed by atoms with E-state index in [1.54, 1.807) is 0 Å². The van der Waals surface area contributed by atoms with Crippen LogP contribution in [-0.4, -0.2) is 50.1 Å². The van der Waals surface area contributed by atoms with Gasteiger partial charge in [-0.05, 0) is 14.1 Å². The third kappa shape index (κ3) is 8.02. The van der Waals surface area contributed by atoms with E-state index in [9.17, 15) is 0 Å². The standard InChI is InChI=1S/C6H14N2.2C2H6/c1-7-3-5-8(2)6-4-7;2*1-2/h3-6H2,1-2H3;2*1-2H3. The van der Waals surface area contributed by atoms with Crippen molar-refractivity contribution in [2.24, 2.45) is 0 Å². The van der Waals surface area contributed by atoms with E-state index in [0.717, 1.165) is 0 Å². The van der Waals surface area contributed by atoms with E-state index in [4.69, 9.17) is 0 Å². The maximum Gasteiger partial charge on any atom is 0.0107 e. The van der Waals surface area contributed by atoms with Crippen LogP contribution in [0.2, 0.25) is 0 Å². The van der Waals surface area contributed by atoms with Crippen LogP contribution < -0.4 is 0 Å². The van der Waals surface area contributed by atoms with Gasteiger partial charge in [-0.1, -0.05) is 27.7 Å². The van der Waals surface area contributed by atoms with Gasteiger partial charge < -0.3 is 9.80 Å². The lowest BCUT2D eigenvalue weighted by molar-refractivity contribution is 0.181. The molecule has 76 valence electrons. The number of nitrogens with zero attached hydrogens (tertiary/aromatic N) is 2. The fourth-order valence-corrected chi connectivity index (χ4v) is 0.906. The van der Waals surface area contributed by atoms with Crippen LogP contribution >= 0.6 is 0 Å². The van der Waals surface area contributed by atoms with Crippen molar-refractivity contribution in [3.8, 4) is 0 Å². The van der Waals surface area contributed by atoms with Gasteiger partial charge >= 0.3 is 0 Å². The van der Waals surface area contributed by atoms with E-state index < -0.39 is 0 Å². The molecule has 1 saturated heterocycles. The average molecular weight is 174 g/mol. The lowest BCUT2D eigenvalue weighted by atomic mass is 10.4. The van der Waals surface area contributed by atoms with Crippen molar-refractivity contribution in [3.05, 3.63) is 0 Å². The first-order chi connectivity index (χ1) is 5.79. The number of hydrogen-bond acceptors (Lipinski definition) is 2. The monoisotopic (exact) mass is 174 g/mol. The maximum absolute atomic E-state index is 2.36. The van der Waals surface area contributed by atoms with Crippen LogP contribution in [0.4, 0.5) is 0 Å². The van der Waals surface area contributed by atoms with Gasteiger partial charge in [-0.15, -0.1) is 0 Å². The molecule has 1 rings (SSSR count). The normalized spacial score (nSPS) is 18.5. The molecule has 0 aliphatic carbocycles. The van der Waals surface area contributed by atoms with Gasteiger partial charge in [0, 0.05) is 26.2 Å². The summed E-state index contributed by atoms with van der Waals surface area (Å²) in [6, 6.07) is 0. The van der Waals surface area contributed by atoms with Gasteiger partial charge in [-0.2, -0.15) is 0 Å². The first kappa shape index (κ1) is 14.4. The molecule has 0 N–H and O–H groups in total. The lowest BCUT2D eigenvalue weighted by Crippen LogP contribution is -2.42. The Labute approximate surface area is 78.5 Å². The van der Waals surface area contributed by atoms with Crippen LogP contribution in [0.1, 0.15) is 27.7 Å². The second-order valence-electron chi connectivity index (χ2n) is 2.61. The van der Waals surface area contributed by atoms with Crippen LogP contribution in [0.3, 0.4) is 0 Å². The molecule has 0 aromatic carbocycles. The Morgan fingerprint density at radius 3 is 0.917 bits per heavy atom. The maximum atomic E-state index is 2.36. The molecule has 1 fully saturated rings. The van der Waals surface area contributed by atoms with Gasteiger partial charge in [-0.25, -0.2) is 0 Å². The molecule has 0 radical (unpaired) electrons. The topological polar surface area (TPSA) is 6.48 Å². The third-order valence-electron chi connectivity index (χ3n) is 1.73. The van der Waals surface area contributed by atoms with Crippen LogP contribution in [0, 0.1) is 0 Å². The zero-order chi connectivity index (χ0) is 9.98. The molecule has 0 spiro atoms. The Morgan fingerprint density at radius 2 is 0.750 bits per heavy atom. The summed E-state index contributed by atoms with van der Waals surface area (Å²) in [5.74, 6) is 0. The summed E-state index contributed by atoms with van der Waals surface area (Å²) >= 11 is 0. The van der Waals surface area contributed by atoms with Gasteiger partial charge in [0.15, 0.2) is 0 Å². The molecule has 2 heteroatoms. The molecule has 0 bridgehead atoms. The van der Waals surface area contributed by atoms with E-state index in [-0.39, 0.29) is 0 Å². The fourth-order valence-electron chi connectivity index (χ4n) is 0.906. The molecule has 0 saturated carbocycles. The highest BCUT2D eigenvalue weighted by Gasteiger charge is 2.07. The summed E-state index contributed by atoms with van der Waals surface area (Å²) in [6.45, 7) is 12.9. The summed E-state index contributed by atoms with van der Waals surface area (Å²) in [4.78, 5) is 4.72. The number of piperazine rings is 1. The van der Waals surface area contributed by atoms with Crippen molar-refractivity contribution in [2.75, 3.05) is 40.3 Å². The van der Waals surface area contributed by atoms with E-state index >= 15 is 0 Å². The molecule has 1 aliphatic heterocycles. The molecule has 0 atom stereocenters. The molecule has 2 nitrogen and oxygen atoms in total. The second-order valence-corrected chi connectivity index (χ2v) is 2.61. The highest BCUT2D eigenvalue weighted by molar-refractivity contribution is 4.64. The summed E-state index contributed by atoms with van der Waals surface area (Å²) < 4.78 is 0. The summed E-state index contributed by atoms with van der Waals surface area (Å²) in [7, 11) is 4.35. The number of rotatable bonds is 0. The molecule has 1 heterocycles. The first-order valence-electron chi connectivity index (χ1n) is 5.16. The SMILES string of the molecule is CC.CC.CN1CCN(C)CC1. The Hall–Kier alpha value is -0.0800. The van der Waals surface area contributed by atoms with Gasteiger partial charge in [-0.3, -0.25) is 0 Å². The molecule has 0 aromatic heterocycles. The quantitative estimate of drug-likeness (QED) is 0.553. The third-order valence-corrected chi connectivity index (χ3v) is 1.73. The zero-order valence-electron chi connectivity index (χ0n) is 9.72. The predicted molar refractivity (Wildman–Crippen MR) is 57.7 cm³/mol. The zero-order valence-corrected chi connectivity index (χ0v) is 9.72. The molecule has 0 aromatic rings. The Bertz CT molecular complexity index is 56.2. The van der Waals surface area contributed by atoms with Crippen molar-refractivity contribution in [1.82, 2.24) is 9.80 Å². The molecular formula is C10H26N2. The molecule has 12 heavy (non-hydrogen) atoms. The summed E-state index contributed by atoms with van der Waals surface area (Å²) in [6.07, 6.45) is 0. The lowest BCUT2D eigenvalue weighted by Gasteiger charge is -2.28. The minimum absolute atomic E-state index is 1.23. The smallest absolute Gasteiger partial charge is 0.0107 e. The minimum atomic E-state index is 1.23. The molecule has 1 aliphatic rings. The second kappa shape index (κ2) is 10.9. The van der Waals surface area contributed by atoms with Gasteiger partial charge in [0.2, 0.25) is 0 Å².